The van der Waals surface area contributed by atoms with Crippen LogP contribution in [0.4, 0.5) is 0 Å². The van der Waals surface area contributed by atoms with Gasteiger partial charge in [-0.05, 0) is 41.8 Å². The van der Waals surface area contributed by atoms with Gasteiger partial charge in [0.15, 0.2) is 6.10 Å². The number of ketones is 1. The summed E-state index contributed by atoms with van der Waals surface area (Å²) >= 11 is 4.20. The second-order valence-electron chi connectivity index (χ2n) is 10.7. The maximum Gasteiger partial charge on any atom is 0.356 e. The highest BCUT2D eigenvalue weighted by molar-refractivity contribution is 9.09. The number of nitrogens with zero attached hydrogens (tertiary/aromatic N) is 2. The van der Waals surface area contributed by atoms with Gasteiger partial charge >= 0.3 is 16.1 Å². The molecular weight excluding hydrogens is 738 g/mol. The third-order valence-corrected chi connectivity index (χ3v) is 10.5. The molecule has 254 valence electrons. The quantitative estimate of drug-likeness (QED) is 0.0392. The van der Waals surface area contributed by atoms with Crippen LogP contribution < -0.4 is 5.32 Å². The first-order chi connectivity index (χ1) is 23.6. The number of carbonyl (C=O) groups is 4. The van der Waals surface area contributed by atoms with Crippen LogP contribution in [0.15, 0.2) is 119 Å². The van der Waals surface area contributed by atoms with Crippen LogP contribution in [0.2, 0.25) is 0 Å². The number of carbonyl (C=O) groups excluding carboxylic acids is 4. The van der Waals surface area contributed by atoms with Crippen molar-refractivity contribution in [2.24, 2.45) is 5.16 Å². The summed E-state index contributed by atoms with van der Waals surface area (Å²) in [7, 11) is -3.01. The number of ether oxygens (including phenoxy) is 1. The molecule has 0 aromatic heterocycles. The molecule has 0 aliphatic carbocycles. The Labute approximate surface area is 295 Å². The number of esters is 1. The van der Waals surface area contributed by atoms with Crippen LogP contribution in [0.5, 0.6) is 0 Å². The van der Waals surface area contributed by atoms with Crippen molar-refractivity contribution in [1.29, 1.82) is 0 Å². The van der Waals surface area contributed by atoms with Gasteiger partial charge in [-0.1, -0.05) is 99.4 Å². The standard InChI is InChI=1S/C34H30BrN3O9S2/c1-21-13-15-25(16-14-21)49(43,44)46-18-17-24-20-48-33-28(36-31(40)27(37-45-2)26(39)19-35)32(41)38(33)29(24)34(42)47-30(22-9-5-3-6-10-22)23-11-7-4-8-12-23/h3-18,28,30,33H,19-20H2,1-2H3,(H,36,40)/b18-17+,37-27-. The van der Waals surface area contributed by atoms with E-state index in [4.69, 9.17) is 8.92 Å². The molecule has 2 aliphatic rings. The highest BCUT2D eigenvalue weighted by Gasteiger charge is 2.55. The second-order valence-corrected chi connectivity index (χ2v) is 13.9. The first kappa shape index (κ1) is 35.6. The van der Waals surface area contributed by atoms with Gasteiger partial charge < -0.3 is 19.1 Å². The van der Waals surface area contributed by atoms with Gasteiger partial charge in [-0.25, -0.2) is 4.79 Å². The van der Waals surface area contributed by atoms with Crippen molar-refractivity contribution in [2.45, 2.75) is 29.3 Å². The Bertz CT molecular complexity index is 1890. The van der Waals surface area contributed by atoms with Crippen molar-refractivity contribution in [3.05, 3.63) is 125 Å². The Kier molecular flexibility index (Phi) is 11.4. The summed E-state index contributed by atoms with van der Waals surface area (Å²) in [6.07, 6.45) is 1.38. The van der Waals surface area contributed by atoms with Crippen molar-refractivity contribution in [1.82, 2.24) is 10.2 Å². The molecule has 3 aromatic rings. The summed E-state index contributed by atoms with van der Waals surface area (Å²) in [5.41, 5.74) is 1.79. The molecule has 0 bridgehead atoms. The highest BCUT2D eigenvalue weighted by atomic mass is 79.9. The molecule has 15 heteroatoms. The van der Waals surface area contributed by atoms with Crippen LogP contribution in [0.25, 0.3) is 0 Å². The monoisotopic (exact) mass is 767 g/mol. The minimum Gasteiger partial charge on any atom is -0.448 e. The number of allylic oxidation sites excluding steroid dienone is 1. The maximum absolute atomic E-state index is 14.1. The van der Waals surface area contributed by atoms with Gasteiger partial charge in [0.25, 0.3) is 11.8 Å². The van der Waals surface area contributed by atoms with Crippen LogP contribution in [0.1, 0.15) is 22.8 Å². The Morgan fingerprint density at radius 1 is 1.02 bits per heavy atom. The number of oxime groups is 1. The fraction of sp³-hybridized carbons (Fsp3) is 0.206. The van der Waals surface area contributed by atoms with E-state index in [0.29, 0.717) is 11.1 Å². The Morgan fingerprint density at radius 2 is 1.63 bits per heavy atom. The number of rotatable bonds is 13. The van der Waals surface area contributed by atoms with E-state index in [0.717, 1.165) is 11.8 Å². The van der Waals surface area contributed by atoms with Crippen LogP contribution in [0.3, 0.4) is 0 Å². The van der Waals surface area contributed by atoms with Crippen LogP contribution in [0, 0.1) is 6.92 Å². The third kappa shape index (κ3) is 7.95. The number of nitrogens with one attached hydrogen (secondary N) is 1. The third-order valence-electron chi connectivity index (χ3n) is 7.45. The molecule has 2 unspecified atom stereocenters. The molecule has 2 aliphatic heterocycles. The van der Waals surface area contributed by atoms with Crippen molar-refractivity contribution in [3.8, 4) is 0 Å². The summed E-state index contributed by atoms with van der Waals surface area (Å²) in [6, 6.07) is 23.1. The zero-order valence-electron chi connectivity index (χ0n) is 26.1. The van der Waals surface area contributed by atoms with Gasteiger partial charge in [-0.15, -0.1) is 11.8 Å². The minimum atomic E-state index is -4.18. The number of benzene rings is 3. The van der Waals surface area contributed by atoms with Crippen LogP contribution in [-0.2, 0) is 43.1 Å². The summed E-state index contributed by atoms with van der Waals surface area (Å²) in [4.78, 5) is 58.7. The molecule has 1 N–H and O–H groups in total. The molecule has 49 heavy (non-hydrogen) atoms. The molecule has 1 saturated heterocycles. The molecule has 3 aromatic carbocycles. The molecule has 0 radical (unpaired) electrons. The maximum atomic E-state index is 14.1. The van der Waals surface area contributed by atoms with Crippen molar-refractivity contribution in [3.63, 3.8) is 0 Å². The number of halogens is 1. The van der Waals surface area contributed by atoms with Gasteiger partial charge in [0.2, 0.25) is 11.5 Å². The lowest BCUT2D eigenvalue weighted by molar-refractivity contribution is -0.154. The van der Waals surface area contributed by atoms with Gasteiger partial charge in [0.1, 0.15) is 35.4 Å². The molecule has 2 heterocycles. The summed E-state index contributed by atoms with van der Waals surface area (Å²) in [5.74, 6) is -3.00. The average molecular weight is 769 g/mol. The van der Waals surface area contributed by atoms with Gasteiger partial charge in [-0.3, -0.25) is 19.3 Å². The number of thioether (sulfide) groups is 1. The molecule has 1 fully saturated rings. The van der Waals surface area contributed by atoms with Crippen LogP contribution >= 0.6 is 27.7 Å². The van der Waals surface area contributed by atoms with E-state index in [1.54, 1.807) is 60.7 Å². The molecule has 2 atom stereocenters. The number of alkyl halides is 1. The predicted octanol–water partition coefficient (Wildman–Crippen LogP) is 4.17. The number of β-lactam (4-membered cyclic amide) rings is 1. The first-order valence-electron chi connectivity index (χ1n) is 14.7. The largest absolute Gasteiger partial charge is 0.448 e. The van der Waals surface area contributed by atoms with Gasteiger partial charge in [0, 0.05) is 5.75 Å². The zero-order chi connectivity index (χ0) is 35.1. The van der Waals surface area contributed by atoms with E-state index in [2.05, 4.69) is 31.2 Å². The lowest BCUT2D eigenvalue weighted by Crippen LogP contribution is -2.71. The van der Waals surface area contributed by atoms with E-state index in [-0.39, 0.29) is 27.2 Å². The number of fused-ring (bicyclic) bond motifs is 1. The van der Waals surface area contributed by atoms with Crippen LogP contribution in [-0.4, -0.2) is 72.2 Å². The van der Waals surface area contributed by atoms with Crippen molar-refractivity contribution in [2.75, 3.05) is 18.2 Å². The fourth-order valence-corrected chi connectivity index (χ4v) is 7.40. The number of aryl methyl sites for hydroxylation is 1. The Balaban J connectivity index is 1.47. The Hall–Kier alpha value is -4.73. The highest BCUT2D eigenvalue weighted by Crippen LogP contribution is 2.42. The van der Waals surface area contributed by atoms with Crippen molar-refractivity contribution >= 4 is 67.1 Å². The summed E-state index contributed by atoms with van der Waals surface area (Å²) < 4.78 is 36.9. The van der Waals surface area contributed by atoms with E-state index >= 15 is 0 Å². The summed E-state index contributed by atoms with van der Waals surface area (Å²) in [5, 5.41) is 5.05. The van der Waals surface area contributed by atoms with E-state index in [9.17, 15) is 27.6 Å². The van der Waals surface area contributed by atoms with E-state index in [1.807, 2.05) is 19.1 Å². The second kappa shape index (κ2) is 15.7. The minimum absolute atomic E-state index is 0.0608. The number of Topliss-reactive ketones (excluding diaryl/α,β-unsaturated/α-hetero) is 1. The first-order valence-corrected chi connectivity index (χ1v) is 18.3. The normalized spacial score (nSPS) is 17.8. The molecular formula is C34H30BrN3O9S2. The number of amides is 2. The molecule has 12 nitrogen and oxygen atoms in total. The van der Waals surface area contributed by atoms with Gasteiger partial charge in [0.05, 0.1) is 5.33 Å². The lowest BCUT2D eigenvalue weighted by atomic mass is 10.0. The van der Waals surface area contributed by atoms with Gasteiger partial charge in [-0.2, -0.15) is 8.42 Å². The lowest BCUT2D eigenvalue weighted by Gasteiger charge is -2.49. The molecule has 5 rings (SSSR count). The smallest absolute Gasteiger partial charge is 0.356 e. The number of hydrogen-bond acceptors (Lipinski definition) is 11. The average Bonchev–Trinajstić information content (AvgIpc) is 3.11. The SMILES string of the molecule is CO/N=C(/C(=O)CBr)C(=O)NC1C(=O)N2C(C(=O)OC(c3ccccc3)c3ccccc3)=C(/C=C/OS(=O)(=O)c3ccc(C)cc3)CSC12. The topological polar surface area (TPSA) is 158 Å². The molecule has 0 saturated carbocycles. The van der Waals surface area contributed by atoms with Crippen molar-refractivity contribution < 1.29 is 41.4 Å². The summed E-state index contributed by atoms with van der Waals surface area (Å²) in [6.45, 7) is 1.82. The number of hydrogen-bond donors (Lipinski definition) is 1. The van der Waals surface area contributed by atoms with E-state index in [1.165, 1.54) is 42.0 Å². The zero-order valence-corrected chi connectivity index (χ0v) is 29.4. The molecule has 0 spiro atoms. The van der Waals surface area contributed by atoms with E-state index < -0.39 is 56.9 Å². The fourth-order valence-electron chi connectivity index (χ4n) is 5.03. The molecule has 2 amide bonds. The Morgan fingerprint density at radius 3 is 2.20 bits per heavy atom. The predicted molar refractivity (Wildman–Crippen MR) is 185 cm³/mol.